The number of nitrogens with zero attached hydrogens (tertiary/aromatic N) is 1. The number of Topliss-reactive ketones (excluding diaryl/α,β-unsaturated/α-hetero) is 1. The number of terminal acetylenes is 1. The van der Waals surface area contributed by atoms with Gasteiger partial charge in [0.1, 0.15) is 11.6 Å². The molecule has 5 heteroatoms. The van der Waals surface area contributed by atoms with Crippen LogP contribution in [0.2, 0.25) is 0 Å². The number of ketones is 1. The van der Waals surface area contributed by atoms with E-state index in [1.54, 1.807) is 13.8 Å². The maximum absolute atomic E-state index is 13.5. The van der Waals surface area contributed by atoms with Gasteiger partial charge in [0.25, 0.3) is 0 Å². The fraction of sp³-hybridized carbons (Fsp3) is 0.278. The zero-order valence-corrected chi connectivity index (χ0v) is 13.0. The highest BCUT2D eigenvalue weighted by atomic mass is 19.1. The predicted octanol–water partition coefficient (Wildman–Crippen LogP) is 3.27. The van der Waals surface area contributed by atoms with E-state index >= 15 is 0 Å². The summed E-state index contributed by atoms with van der Waals surface area (Å²) in [5.74, 6) is 0.476. The highest BCUT2D eigenvalue weighted by molar-refractivity contribution is 6.34. The Labute approximate surface area is 133 Å². The molecule has 1 heterocycles. The Kier molecular flexibility index (Phi) is 5.07. The van der Waals surface area contributed by atoms with Crippen LogP contribution in [0.3, 0.4) is 0 Å². The number of hydrogen-bond donors (Lipinski definition) is 0. The lowest BCUT2D eigenvalue weighted by Crippen LogP contribution is -2.21. The van der Waals surface area contributed by atoms with Gasteiger partial charge in [-0.1, -0.05) is 0 Å². The van der Waals surface area contributed by atoms with E-state index in [4.69, 9.17) is 11.2 Å². The molecule has 0 saturated carbocycles. The topological polar surface area (TPSA) is 56.3 Å². The van der Waals surface area contributed by atoms with Gasteiger partial charge in [-0.3, -0.25) is 9.78 Å². The van der Waals surface area contributed by atoms with Crippen LogP contribution < -0.4 is 4.74 Å². The quantitative estimate of drug-likeness (QED) is 0.368. The summed E-state index contributed by atoms with van der Waals surface area (Å²) in [5, 5.41) is 0.359. The second-order valence-corrected chi connectivity index (χ2v) is 5.18. The van der Waals surface area contributed by atoms with E-state index in [0.717, 1.165) is 0 Å². The molecule has 0 unspecified atom stereocenters. The highest BCUT2D eigenvalue weighted by Gasteiger charge is 2.20. The Morgan fingerprint density at radius 3 is 2.78 bits per heavy atom. The summed E-state index contributed by atoms with van der Waals surface area (Å²) in [6, 6.07) is 4.02. The Bertz CT molecular complexity index is 821. The molecule has 0 aliphatic rings. The van der Waals surface area contributed by atoms with E-state index in [0.29, 0.717) is 35.0 Å². The van der Waals surface area contributed by atoms with Gasteiger partial charge in [-0.15, -0.1) is 12.3 Å². The summed E-state index contributed by atoms with van der Waals surface area (Å²) in [6.07, 6.45) is 5.98. The number of unbranched alkanes of at least 4 members (excludes halogenated alkanes) is 1. The van der Waals surface area contributed by atoms with Gasteiger partial charge in [0, 0.05) is 29.5 Å². The maximum atomic E-state index is 13.5. The number of aryl methyl sites for hydroxylation is 1. The molecule has 2 rings (SSSR count). The van der Waals surface area contributed by atoms with Gasteiger partial charge in [0.05, 0.1) is 5.52 Å². The molecular formula is C18H16FNO3. The summed E-state index contributed by atoms with van der Waals surface area (Å²) in [5.41, 5.74) is 1.73. The molecule has 0 bridgehead atoms. The standard InChI is InChI=1S/C18H16FNO3/c1-4-5-6-7-16(21)18(22)23-17-11(2)12(3)20-15-9-8-13(19)10-14(15)17/h1,8-10H,5-7H2,2-3H3. The van der Waals surface area contributed by atoms with Gasteiger partial charge in [-0.2, -0.15) is 0 Å². The van der Waals surface area contributed by atoms with Gasteiger partial charge in [-0.25, -0.2) is 9.18 Å². The number of halogens is 1. The van der Waals surface area contributed by atoms with E-state index in [-0.39, 0.29) is 12.2 Å². The van der Waals surface area contributed by atoms with Crippen LogP contribution in [0.25, 0.3) is 10.9 Å². The monoisotopic (exact) mass is 313 g/mol. The number of aromatic nitrogens is 1. The molecule has 4 nitrogen and oxygen atoms in total. The molecule has 1 aromatic heterocycles. The van der Waals surface area contributed by atoms with Crippen molar-refractivity contribution in [2.45, 2.75) is 33.1 Å². The second kappa shape index (κ2) is 7.01. The third-order valence-electron chi connectivity index (χ3n) is 3.52. The fourth-order valence-electron chi connectivity index (χ4n) is 2.15. The normalized spacial score (nSPS) is 10.3. The van der Waals surface area contributed by atoms with Crippen molar-refractivity contribution < 1.29 is 18.7 Å². The van der Waals surface area contributed by atoms with Crippen LogP contribution in [0.15, 0.2) is 18.2 Å². The van der Waals surface area contributed by atoms with Crippen molar-refractivity contribution in [3.8, 4) is 18.1 Å². The Balaban J connectivity index is 2.33. The van der Waals surface area contributed by atoms with Crippen LogP contribution in [0, 0.1) is 32.0 Å². The minimum absolute atomic E-state index is 0.0262. The average Bonchev–Trinajstić information content (AvgIpc) is 2.52. The van der Waals surface area contributed by atoms with Crippen molar-refractivity contribution in [3.05, 3.63) is 35.3 Å². The summed E-state index contributed by atoms with van der Waals surface area (Å²) in [4.78, 5) is 28.1. The number of carbonyl (C=O) groups is 2. The molecule has 0 aliphatic heterocycles. The van der Waals surface area contributed by atoms with E-state index in [2.05, 4.69) is 10.9 Å². The Morgan fingerprint density at radius 1 is 1.35 bits per heavy atom. The van der Waals surface area contributed by atoms with Crippen molar-refractivity contribution >= 4 is 22.7 Å². The first-order chi connectivity index (χ1) is 10.9. The lowest BCUT2D eigenvalue weighted by Gasteiger charge is -2.12. The number of fused-ring (bicyclic) bond motifs is 1. The van der Waals surface area contributed by atoms with Crippen molar-refractivity contribution in [2.24, 2.45) is 0 Å². The first kappa shape index (κ1) is 16.6. The van der Waals surface area contributed by atoms with E-state index in [1.807, 2.05) is 0 Å². The summed E-state index contributed by atoms with van der Waals surface area (Å²) >= 11 is 0. The largest absolute Gasteiger partial charge is 0.420 e. The molecule has 0 fully saturated rings. The van der Waals surface area contributed by atoms with Gasteiger partial charge in [0.2, 0.25) is 5.78 Å². The van der Waals surface area contributed by atoms with E-state index in [9.17, 15) is 14.0 Å². The molecule has 0 spiro atoms. The number of carbonyl (C=O) groups excluding carboxylic acids is 2. The van der Waals surface area contributed by atoms with Crippen molar-refractivity contribution in [3.63, 3.8) is 0 Å². The van der Waals surface area contributed by atoms with E-state index in [1.165, 1.54) is 18.2 Å². The molecule has 118 valence electrons. The van der Waals surface area contributed by atoms with E-state index < -0.39 is 17.6 Å². The zero-order chi connectivity index (χ0) is 17.0. The molecule has 0 saturated heterocycles. The minimum Gasteiger partial charge on any atom is -0.420 e. The molecule has 0 atom stereocenters. The van der Waals surface area contributed by atoms with Crippen LogP contribution in [-0.2, 0) is 9.59 Å². The molecule has 1 aromatic carbocycles. The zero-order valence-electron chi connectivity index (χ0n) is 13.0. The van der Waals surface area contributed by atoms with Crippen LogP contribution in [0.4, 0.5) is 4.39 Å². The predicted molar refractivity (Wildman–Crippen MR) is 84.5 cm³/mol. The smallest absolute Gasteiger partial charge is 0.380 e. The molecule has 23 heavy (non-hydrogen) atoms. The highest BCUT2D eigenvalue weighted by Crippen LogP contribution is 2.31. The second-order valence-electron chi connectivity index (χ2n) is 5.18. The third kappa shape index (κ3) is 3.72. The number of hydrogen-bond acceptors (Lipinski definition) is 4. The summed E-state index contributed by atoms with van der Waals surface area (Å²) in [7, 11) is 0. The molecule has 2 aromatic rings. The number of benzene rings is 1. The van der Waals surface area contributed by atoms with Crippen molar-refractivity contribution in [2.75, 3.05) is 0 Å². The first-order valence-electron chi connectivity index (χ1n) is 7.19. The van der Waals surface area contributed by atoms with Crippen LogP contribution in [0.5, 0.6) is 5.75 Å². The third-order valence-corrected chi connectivity index (χ3v) is 3.52. The Hall–Kier alpha value is -2.74. The van der Waals surface area contributed by atoms with Gasteiger partial charge in [-0.05, 0) is 38.5 Å². The lowest BCUT2D eigenvalue weighted by atomic mass is 10.1. The molecule has 0 amide bonds. The van der Waals surface area contributed by atoms with Gasteiger partial charge in [0.15, 0.2) is 0 Å². The molecule has 0 aliphatic carbocycles. The minimum atomic E-state index is -0.971. The van der Waals surface area contributed by atoms with Gasteiger partial charge < -0.3 is 4.74 Å². The van der Waals surface area contributed by atoms with Crippen LogP contribution in [-0.4, -0.2) is 16.7 Å². The molecular weight excluding hydrogens is 297 g/mol. The van der Waals surface area contributed by atoms with Crippen LogP contribution >= 0.6 is 0 Å². The molecule has 0 radical (unpaired) electrons. The lowest BCUT2D eigenvalue weighted by molar-refractivity contribution is -0.147. The molecule has 0 N–H and O–H groups in total. The number of esters is 1. The Morgan fingerprint density at radius 2 is 2.09 bits per heavy atom. The summed E-state index contributed by atoms with van der Waals surface area (Å²) in [6.45, 7) is 3.46. The van der Waals surface area contributed by atoms with Crippen molar-refractivity contribution in [1.29, 1.82) is 0 Å². The fourth-order valence-corrected chi connectivity index (χ4v) is 2.15. The summed E-state index contributed by atoms with van der Waals surface area (Å²) < 4.78 is 18.7. The number of rotatable bonds is 5. The average molecular weight is 313 g/mol. The maximum Gasteiger partial charge on any atom is 0.380 e. The number of ether oxygens (including phenoxy) is 1. The first-order valence-corrected chi connectivity index (χ1v) is 7.19. The number of pyridine rings is 1. The van der Waals surface area contributed by atoms with Crippen LogP contribution in [0.1, 0.15) is 30.5 Å². The SMILES string of the molecule is C#CCCCC(=O)C(=O)Oc1c(C)c(C)nc2ccc(F)cc12. The van der Waals surface area contributed by atoms with Gasteiger partial charge >= 0.3 is 5.97 Å². The van der Waals surface area contributed by atoms with Crippen molar-refractivity contribution in [1.82, 2.24) is 4.98 Å².